The maximum absolute atomic E-state index is 14.2. The average molecular weight is 1370 g/mol. The van der Waals surface area contributed by atoms with Crippen molar-refractivity contribution in [2.75, 3.05) is 46.1 Å². The van der Waals surface area contributed by atoms with Crippen LogP contribution in [0.1, 0.15) is 125 Å². The number of carbonyl (C=O) groups excluding carboxylic acids is 8. The van der Waals surface area contributed by atoms with E-state index in [2.05, 4.69) is 38.0 Å². The summed E-state index contributed by atoms with van der Waals surface area (Å²) in [4.78, 5) is 106. The van der Waals surface area contributed by atoms with E-state index in [-0.39, 0.29) is 102 Å². The minimum Gasteiger partial charge on any atom is -0.793 e. The molecule has 0 spiro atoms. The summed E-state index contributed by atoms with van der Waals surface area (Å²) in [5, 5.41) is 5.60. The second-order valence-electron chi connectivity index (χ2n) is 26.0. The van der Waals surface area contributed by atoms with E-state index in [4.69, 9.17) is 28.4 Å². The molecule has 4 amide bonds. The summed E-state index contributed by atoms with van der Waals surface area (Å²) in [6.45, 7) is 19.3. The first kappa shape index (κ1) is 80.4. The van der Waals surface area contributed by atoms with Crippen molar-refractivity contribution in [2.24, 2.45) is 16.7 Å². The number of benzene rings is 4. The number of amides is 4. The molecule has 0 unspecified atom stereocenters. The molecular formula is C69H88BF4N5NaO17. The van der Waals surface area contributed by atoms with E-state index in [0.717, 1.165) is 81.3 Å². The summed E-state index contributed by atoms with van der Waals surface area (Å²) in [5.74, 6) is -4.92. The van der Waals surface area contributed by atoms with E-state index in [9.17, 15) is 55.9 Å². The Balaban J connectivity index is 0.000000272. The van der Waals surface area contributed by atoms with Crippen LogP contribution < -0.4 is 49.7 Å². The van der Waals surface area contributed by atoms with Gasteiger partial charge in [0.25, 0.3) is 0 Å². The molecule has 22 nitrogen and oxygen atoms in total. The number of ketones is 1. The van der Waals surface area contributed by atoms with Gasteiger partial charge in [-0.15, -0.1) is 0 Å². The Labute approximate surface area is 587 Å². The Morgan fingerprint density at radius 3 is 1.40 bits per heavy atom. The van der Waals surface area contributed by atoms with E-state index in [1.807, 2.05) is 107 Å². The summed E-state index contributed by atoms with van der Waals surface area (Å²) < 4.78 is 91.9. The van der Waals surface area contributed by atoms with Crippen LogP contribution in [0.4, 0.5) is 27.2 Å². The summed E-state index contributed by atoms with van der Waals surface area (Å²) in [7, 11) is 4.32. The first-order valence-electron chi connectivity index (χ1n) is 32.0. The van der Waals surface area contributed by atoms with Crippen molar-refractivity contribution >= 4 is 55.7 Å². The third-order valence-corrected chi connectivity index (χ3v) is 16.7. The van der Waals surface area contributed by atoms with Crippen LogP contribution in [0, 0.1) is 40.0 Å². The molecule has 10 rings (SSSR count). The van der Waals surface area contributed by atoms with Gasteiger partial charge in [-0.1, -0.05) is 102 Å². The van der Waals surface area contributed by atoms with Gasteiger partial charge in [0.05, 0.1) is 25.3 Å². The first-order valence-corrected chi connectivity index (χ1v) is 32.0. The van der Waals surface area contributed by atoms with Gasteiger partial charge in [-0.2, -0.15) is 0 Å². The number of carbonyl (C=O) groups is 8. The van der Waals surface area contributed by atoms with Gasteiger partial charge in [-0.25, -0.2) is 46.5 Å². The number of nitrogens with zero attached hydrogens (tertiary/aromatic N) is 3. The van der Waals surface area contributed by atoms with E-state index in [1.54, 1.807) is 4.90 Å². The normalized spacial score (nSPS) is 20.9. The van der Waals surface area contributed by atoms with Crippen LogP contribution in [0.3, 0.4) is 0 Å². The molecule has 8 atom stereocenters. The summed E-state index contributed by atoms with van der Waals surface area (Å²) in [6.07, 6.45) is 4.10. The average Bonchev–Trinajstić information content (AvgIpc) is 1.61. The van der Waals surface area contributed by atoms with Gasteiger partial charge in [0.15, 0.2) is 23.3 Å². The molecule has 3 radical (unpaired) electrons. The smallest absolute Gasteiger partial charge is 0.793 e. The number of likely N-dealkylation sites (tertiary alicyclic amines) is 3. The molecule has 5 aliphatic heterocycles. The first-order chi connectivity index (χ1) is 45.5. The molecule has 5 heterocycles. The summed E-state index contributed by atoms with van der Waals surface area (Å²) >= 11 is 0. The fourth-order valence-electron chi connectivity index (χ4n) is 12.1. The zero-order chi connectivity index (χ0) is 70.3. The van der Waals surface area contributed by atoms with Gasteiger partial charge < -0.3 is 61.6 Å². The van der Waals surface area contributed by atoms with E-state index in [0.29, 0.717) is 71.1 Å². The fraction of sp³-hybridized carbons (Fsp3) is 0.536. The minimum atomic E-state index is -0.983. The Bertz CT molecular complexity index is 3220. The van der Waals surface area contributed by atoms with Crippen molar-refractivity contribution in [1.29, 1.82) is 0 Å². The number of fused-ring (bicyclic) bond motifs is 2. The number of rotatable bonds is 13. The van der Waals surface area contributed by atoms with Crippen molar-refractivity contribution in [3.05, 3.63) is 131 Å². The Morgan fingerprint density at radius 2 is 0.990 bits per heavy atom. The van der Waals surface area contributed by atoms with Crippen LogP contribution in [0.15, 0.2) is 97.1 Å². The van der Waals surface area contributed by atoms with Gasteiger partial charge in [-0.3, -0.25) is 24.1 Å². The molecule has 4 aromatic rings. The van der Waals surface area contributed by atoms with E-state index < -0.39 is 82.4 Å². The van der Waals surface area contributed by atoms with Crippen molar-refractivity contribution < 1.29 is 128 Å². The molecule has 2 N–H and O–H groups in total. The van der Waals surface area contributed by atoms with Gasteiger partial charge in [0, 0.05) is 90.7 Å². The topological polar surface area (TPSA) is 253 Å². The van der Waals surface area contributed by atoms with Crippen molar-refractivity contribution in [1.82, 2.24) is 25.3 Å². The van der Waals surface area contributed by atoms with Gasteiger partial charge >= 0.3 is 53.7 Å². The molecular weight excluding hydrogens is 1280 g/mol. The Hall–Kier alpha value is -7.30. The standard InChI is InChI=1S/C31H39F2N3O5.C27H32F2N2O4.C5H8O2.C4H6O4.C2H3BO2.Na/c1-31(2,3)28(34-30(38)40-19-20-7-5-4-6-8-20)29(37)35-14-11-25-27(35)26(18-36(25)21-12-15-39-16-13-21)41-22-9-10-23(32)24(33)17-22;1-27(2,3)24(30-26(33)34-16-17-7-5-4-6-8-17)25(32)31-14-13-18-9-12-22(23(18)31)35-19-10-11-20(28)21(29)15-19;6-5-1-3-7-4-2-5;1-3(5)7-8-4(2)6;1-2(4)5-3;/h4-10,17,21,25-28H,11-16,18-19H2,1-3H3,(H,34,38);4-8,10-11,15,18,22-24H,9,12-14,16H2,1-3H3,(H,30,33);1-4H2;1-2H3;1H3;/q;;;;-1;+1/t25-,26+,27+,28-;18-,22+,23+,24-;;;;/m11..../s1. The molecule has 0 aromatic heterocycles. The molecule has 523 valence electrons. The molecule has 0 bridgehead atoms. The SMILES string of the molecule is CC(=O)OOC(C)=O.CC(C)(C)[C@H](NC(=O)OCc1ccccc1)C(=O)N1CC[C@@H]2[C@H]1[C@@H](Oc1ccc(F)c(F)c1)CN2C1CCOCC1.CC(C)(C)[C@H](NC(=O)OCc1ccccc1)C(=O)N1CC[C@H]2CC[C@H](Oc3ccc(F)c(F)c3)[C@H]21.O=C1CCOCC1.[B-]OC(C)=O.[Na+]. The number of Topliss-reactive ketones (excluding diaryl/α,β-unsaturated/α-hetero) is 1. The van der Waals surface area contributed by atoms with Gasteiger partial charge in [0.1, 0.15) is 54.8 Å². The second kappa shape index (κ2) is 38.7. The Morgan fingerprint density at radius 1 is 0.557 bits per heavy atom. The number of alkyl carbamates (subject to hydrolysis) is 2. The van der Waals surface area contributed by atoms with E-state index in [1.165, 1.54) is 19.1 Å². The van der Waals surface area contributed by atoms with Crippen LogP contribution in [0.25, 0.3) is 0 Å². The molecule has 97 heavy (non-hydrogen) atoms. The van der Waals surface area contributed by atoms with Crippen molar-refractivity contribution in [2.45, 2.75) is 175 Å². The quantitative estimate of drug-likeness (QED) is 0.0618. The summed E-state index contributed by atoms with van der Waals surface area (Å²) in [6, 6.07) is 23.8. The third-order valence-electron chi connectivity index (χ3n) is 16.7. The van der Waals surface area contributed by atoms with Crippen LogP contribution in [-0.2, 0) is 75.4 Å². The van der Waals surface area contributed by atoms with Crippen molar-refractivity contribution in [3.8, 4) is 11.5 Å². The summed E-state index contributed by atoms with van der Waals surface area (Å²) in [5.41, 5.74) is 0.540. The molecule has 1 saturated carbocycles. The molecule has 5 saturated heterocycles. The maximum Gasteiger partial charge on any atom is 1.00 e. The number of nitrogens with one attached hydrogen (secondary N) is 2. The van der Waals surface area contributed by atoms with Crippen LogP contribution in [0.5, 0.6) is 11.5 Å². The molecule has 6 fully saturated rings. The predicted octanol–water partition coefficient (Wildman–Crippen LogP) is 6.61. The van der Waals surface area contributed by atoms with Gasteiger partial charge in [-0.05, 0) is 90.7 Å². The largest absolute Gasteiger partial charge is 1.00 e. The number of ether oxygens (including phenoxy) is 6. The minimum absolute atomic E-state index is 0. The molecule has 1 aliphatic carbocycles. The van der Waals surface area contributed by atoms with Crippen LogP contribution in [0.2, 0.25) is 0 Å². The monoisotopic (exact) mass is 1370 g/mol. The van der Waals surface area contributed by atoms with E-state index >= 15 is 0 Å². The van der Waals surface area contributed by atoms with Crippen molar-refractivity contribution in [3.63, 3.8) is 0 Å². The Kier molecular flexibility index (Phi) is 32.1. The third kappa shape index (κ3) is 25.2. The predicted molar refractivity (Wildman–Crippen MR) is 341 cm³/mol. The molecule has 6 aliphatic rings. The molecule has 28 heteroatoms. The van der Waals surface area contributed by atoms with Crippen LogP contribution in [-0.4, -0.2) is 165 Å². The second-order valence-corrected chi connectivity index (χ2v) is 26.0. The maximum atomic E-state index is 14.2. The number of hydrogen-bond acceptors (Lipinski definition) is 18. The number of hydrogen-bond donors (Lipinski definition) is 2. The number of halogens is 4. The fourth-order valence-corrected chi connectivity index (χ4v) is 12.1. The van der Waals surface area contributed by atoms with Crippen LogP contribution >= 0.6 is 0 Å². The molecule has 4 aromatic carbocycles. The van der Waals surface area contributed by atoms with Gasteiger partial charge in [0.2, 0.25) is 17.8 Å². The zero-order valence-electron chi connectivity index (χ0n) is 56.8. The zero-order valence-corrected chi connectivity index (χ0v) is 58.8.